The SMILES string of the molecule is O=C(N/N=C/c1ccccc1OC(=O)c1cccnc1)c1ccncc1. The number of nitrogens with one attached hydrogen (secondary N) is 1. The highest BCUT2D eigenvalue weighted by Crippen LogP contribution is 2.17. The average Bonchev–Trinajstić information content (AvgIpc) is 2.70. The number of hydrazone groups is 1. The molecule has 1 N–H and O–H groups in total. The van der Waals surface area contributed by atoms with E-state index in [1.54, 1.807) is 54.7 Å². The first-order valence-corrected chi connectivity index (χ1v) is 7.69. The third-order valence-corrected chi connectivity index (χ3v) is 3.33. The van der Waals surface area contributed by atoms with Crippen molar-refractivity contribution in [1.82, 2.24) is 15.4 Å². The Labute approximate surface area is 149 Å². The maximum absolute atomic E-state index is 12.2. The predicted molar refractivity (Wildman–Crippen MR) is 94.9 cm³/mol. The van der Waals surface area contributed by atoms with Gasteiger partial charge in [0.05, 0.1) is 11.8 Å². The van der Waals surface area contributed by atoms with Crippen molar-refractivity contribution in [2.75, 3.05) is 0 Å². The lowest BCUT2D eigenvalue weighted by atomic mass is 10.2. The molecule has 1 aromatic carbocycles. The number of carbonyl (C=O) groups excluding carboxylic acids is 2. The van der Waals surface area contributed by atoms with Crippen LogP contribution in [0.4, 0.5) is 0 Å². The van der Waals surface area contributed by atoms with Gasteiger partial charge in [0.25, 0.3) is 5.91 Å². The van der Waals surface area contributed by atoms with Crippen molar-refractivity contribution in [3.63, 3.8) is 0 Å². The van der Waals surface area contributed by atoms with Gasteiger partial charge in [0.15, 0.2) is 0 Å². The third kappa shape index (κ3) is 4.35. The second kappa shape index (κ2) is 8.29. The van der Waals surface area contributed by atoms with Crippen LogP contribution in [0.3, 0.4) is 0 Å². The molecule has 0 bridgehead atoms. The summed E-state index contributed by atoms with van der Waals surface area (Å²) < 4.78 is 5.38. The lowest BCUT2D eigenvalue weighted by molar-refractivity contribution is 0.0733. The summed E-state index contributed by atoms with van der Waals surface area (Å²) in [6, 6.07) is 13.3. The highest BCUT2D eigenvalue weighted by Gasteiger charge is 2.10. The van der Waals surface area contributed by atoms with Gasteiger partial charge in [-0.25, -0.2) is 10.2 Å². The minimum Gasteiger partial charge on any atom is -0.422 e. The van der Waals surface area contributed by atoms with Crippen LogP contribution in [-0.4, -0.2) is 28.1 Å². The number of ether oxygens (including phenoxy) is 1. The van der Waals surface area contributed by atoms with Gasteiger partial charge in [0, 0.05) is 35.9 Å². The molecule has 128 valence electrons. The van der Waals surface area contributed by atoms with Gasteiger partial charge >= 0.3 is 5.97 Å². The minimum atomic E-state index is -0.528. The first kappa shape index (κ1) is 17.0. The van der Waals surface area contributed by atoms with E-state index in [1.807, 2.05) is 0 Å². The summed E-state index contributed by atoms with van der Waals surface area (Å²) in [7, 11) is 0. The minimum absolute atomic E-state index is 0.322. The summed E-state index contributed by atoms with van der Waals surface area (Å²) in [5.41, 5.74) is 3.73. The molecule has 0 aliphatic rings. The first-order valence-electron chi connectivity index (χ1n) is 7.69. The van der Waals surface area contributed by atoms with Crippen molar-refractivity contribution < 1.29 is 14.3 Å². The standard InChI is InChI=1S/C19H14N4O3/c24-18(14-7-10-20-11-8-14)23-22-13-15-4-1-2-6-17(15)26-19(25)16-5-3-9-21-12-16/h1-13H,(H,23,24)/b22-13+. The van der Waals surface area contributed by atoms with Crippen molar-refractivity contribution in [1.29, 1.82) is 0 Å². The van der Waals surface area contributed by atoms with Crippen LogP contribution in [0.1, 0.15) is 26.3 Å². The summed E-state index contributed by atoms with van der Waals surface area (Å²) in [4.78, 5) is 31.8. The summed E-state index contributed by atoms with van der Waals surface area (Å²) >= 11 is 0. The van der Waals surface area contributed by atoms with E-state index in [0.29, 0.717) is 22.4 Å². The highest BCUT2D eigenvalue weighted by atomic mass is 16.5. The number of nitrogens with zero attached hydrogens (tertiary/aromatic N) is 3. The van der Waals surface area contributed by atoms with Crippen LogP contribution >= 0.6 is 0 Å². The maximum atomic E-state index is 12.2. The van der Waals surface area contributed by atoms with Crippen LogP contribution in [0.15, 0.2) is 78.4 Å². The quantitative estimate of drug-likeness (QED) is 0.331. The molecule has 2 heterocycles. The number of benzene rings is 1. The molecule has 0 unspecified atom stereocenters. The smallest absolute Gasteiger partial charge is 0.345 e. The van der Waals surface area contributed by atoms with E-state index >= 15 is 0 Å². The van der Waals surface area contributed by atoms with Crippen molar-refractivity contribution >= 4 is 18.1 Å². The Kier molecular flexibility index (Phi) is 5.41. The van der Waals surface area contributed by atoms with Gasteiger partial charge in [0.1, 0.15) is 5.75 Å². The molecule has 3 rings (SSSR count). The van der Waals surface area contributed by atoms with Gasteiger partial charge < -0.3 is 4.74 Å². The Morgan fingerprint density at radius 3 is 2.50 bits per heavy atom. The highest BCUT2D eigenvalue weighted by molar-refractivity contribution is 5.95. The maximum Gasteiger partial charge on any atom is 0.345 e. The fraction of sp³-hybridized carbons (Fsp3) is 0. The summed E-state index contributed by atoms with van der Waals surface area (Å²) in [6.45, 7) is 0. The van der Waals surface area contributed by atoms with Gasteiger partial charge in [-0.2, -0.15) is 5.10 Å². The number of amides is 1. The molecule has 0 aliphatic carbocycles. The topological polar surface area (TPSA) is 93.5 Å². The van der Waals surface area contributed by atoms with Gasteiger partial charge in [-0.15, -0.1) is 0 Å². The fourth-order valence-corrected chi connectivity index (χ4v) is 2.05. The van der Waals surface area contributed by atoms with E-state index in [1.165, 1.54) is 24.8 Å². The molecule has 0 saturated carbocycles. The van der Waals surface area contributed by atoms with Gasteiger partial charge in [-0.1, -0.05) is 12.1 Å². The number of para-hydroxylation sites is 1. The second-order valence-electron chi connectivity index (χ2n) is 5.10. The van der Waals surface area contributed by atoms with E-state index < -0.39 is 5.97 Å². The van der Waals surface area contributed by atoms with Crippen molar-refractivity contribution in [3.8, 4) is 5.75 Å². The van der Waals surface area contributed by atoms with Gasteiger partial charge in [-0.05, 0) is 36.4 Å². The van der Waals surface area contributed by atoms with Crippen molar-refractivity contribution in [3.05, 3.63) is 90.0 Å². The molecule has 0 aliphatic heterocycles. The van der Waals surface area contributed by atoms with E-state index in [0.717, 1.165) is 0 Å². The molecule has 7 nitrogen and oxygen atoms in total. The van der Waals surface area contributed by atoms with Crippen LogP contribution in [0.2, 0.25) is 0 Å². The number of aromatic nitrogens is 2. The molecule has 7 heteroatoms. The van der Waals surface area contributed by atoms with Crippen LogP contribution in [0, 0.1) is 0 Å². The zero-order valence-electron chi connectivity index (χ0n) is 13.6. The van der Waals surface area contributed by atoms with E-state index in [9.17, 15) is 9.59 Å². The van der Waals surface area contributed by atoms with Crippen LogP contribution < -0.4 is 10.2 Å². The number of rotatable bonds is 5. The molecular formula is C19H14N4O3. The predicted octanol–water partition coefficient (Wildman–Crippen LogP) is 2.46. The molecule has 0 spiro atoms. The molecule has 1 amide bonds. The Hall–Kier alpha value is -3.87. The summed E-state index contributed by atoms with van der Waals surface area (Å²) in [5, 5.41) is 3.91. The zero-order valence-corrected chi connectivity index (χ0v) is 13.6. The molecule has 26 heavy (non-hydrogen) atoms. The fourth-order valence-electron chi connectivity index (χ4n) is 2.05. The molecular weight excluding hydrogens is 332 g/mol. The normalized spacial score (nSPS) is 10.5. The lowest BCUT2D eigenvalue weighted by Crippen LogP contribution is -2.17. The number of pyridine rings is 2. The lowest BCUT2D eigenvalue weighted by Gasteiger charge is -2.07. The number of hydrogen-bond donors (Lipinski definition) is 1. The largest absolute Gasteiger partial charge is 0.422 e. The average molecular weight is 346 g/mol. The number of hydrogen-bond acceptors (Lipinski definition) is 6. The molecule has 0 atom stereocenters. The van der Waals surface area contributed by atoms with E-state index in [2.05, 4.69) is 20.5 Å². The molecule has 3 aromatic rings. The second-order valence-corrected chi connectivity index (χ2v) is 5.10. The summed E-state index contributed by atoms with van der Waals surface area (Å²) in [5.74, 6) is -0.573. The van der Waals surface area contributed by atoms with E-state index in [4.69, 9.17) is 4.74 Å². The molecule has 0 radical (unpaired) electrons. The molecule has 2 aromatic heterocycles. The Morgan fingerprint density at radius 1 is 0.923 bits per heavy atom. The monoisotopic (exact) mass is 346 g/mol. The van der Waals surface area contributed by atoms with Crippen LogP contribution in [0.25, 0.3) is 0 Å². The Bertz CT molecular complexity index is 928. The van der Waals surface area contributed by atoms with Gasteiger partial charge in [0.2, 0.25) is 0 Å². The number of esters is 1. The third-order valence-electron chi connectivity index (χ3n) is 3.33. The molecule has 0 saturated heterocycles. The molecule has 0 fully saturated rings. The Balaban J connectivity index is 1.69. The number of carbonyl (C=O) groups is 2. The zero-order chi connectivity index (χ0) is 18.2. The van der Waals surface area contributed by atoms with Crippen molar-refractivity contribution in [2.45, 2.75) is 0 Å². The van der Waals surface area contributed by atoms with E-state index in [-0.39, 0.29) is 5.91 Å². The summed E-state index contributed by atoms with van der Waals surface area (Å²) in [6.07, 6.45) is 7.44. The van der Waals surface area contributed by atoms with Crippen LogP contribution in [-0.2, 0) is 0 Å². The first-order chi connectivity index (χ1) is 12.7. The van der Waals surface area contributed by atoms with Gasteiger partial charge in [-0.3, -0.25) is 14.8 Å². The Morgan fingerprint density at radius 2 is 1.73 bits per heavy atom. The van der Waals surface area contributed by atoms with Crippen molar-refractivity contribution in [2.24, 2.45) is 5.10 Å². The van der Waals surface area contributed by atoms with Crippen LogP contribution in [0.5, 0.6) is 5.75 Å².